The standard InChI is InChI=1S/C14H16N2O2/c1-2-18-14(17)13-10-15-16(11-13)9-8-12-6-4-3-5-7-12/h3-7,10-11H,2,8-9H2,1H3. The highest BCUT2D eigenvalue weighted by Crippen LogP contribution is 2.04. The van der Waals surface area contributed by atoms with Gasteiger partial charge in [0.05, 0.1) is 18.4 Å². The average molecular weight is 244 g/mol. The molecule has 0 saturated heterocycles. The summed E-state index contributed by atoms with van der Waals surface area (Å²) >= 11 is 0. The number of nitrogens with zero attached hydrogens (tertiary/aromatic N) is 2. The number of benzene rings is 1. The van der Waals surface area contributed by atoms with Crippen molar-refractivity contribution in [3.63, 3.8) is 0 Å². The molecule has 0 radical (unpaired) electrons. The number of hydrogen-bond acceptors (Lipinski definition) is 3. The van der Waals surface area contributed by atoms with Crippen molar-refractivity contribution in [2.24, 2.45) is 0 Å². The normalized spacial score (nSPS) is 10.3. The van der Waals surface area contributed by atoms with Crippen LogP contribution in [0.4, 0.5) is 0 Å². The van der Waals surface area contributed by atoms with Gasteiger partial charge >= 0.3 is 5.97 Å². The molecule has 0 aliphatic heterocycles. The number of carbonyl (C=O) groups is 1. The van der Waals surface area contributed by atoms with Gasteiger partial charge in [-0.3, -0.25) is 4.68 Å². The summed E-state index contributed by atoms with van der Waals surface area (Å²) in [7, 11) is 0. The van der Waals surface area contributed by atoms with Crippen molar-refractivity contribution in [2.75, 3.05) is 6.61 Å². The lowest BCUT2D eigenvalue weighted by Crippen LogP contribution is -2.04. The van der Waals surface area contributed by atoms with Gasteiger partial charge in [-0.2, -0.15) is 5.10 Å². The second kappa shape index (κ2) is 6.00. The first-order chi connectivity index (χ1) is 8.79. The quantitative estimate of drug-likeness (QED) is 0.758. The highest BCUT2D eigenvalue weighted by Gasteiger charge is 2.08. The van der Waals surface area contributed by atoms with Gasteiger partial charge in [-0.15, -0.1) is 0 Å². The van der Waals surface area contributed by atoms with Crippen LogP contribution in [0.15, 0.2) is 42.7 Å². The zero-order chi connectivity index (χ0) is 12.8. The smallest absolute Gasteiger partial charge is 0.341 e. The molecule has 0 bridgehead atoms. The van der Waals surface area contributed by atoms with E-state index in [0.717, 1.165) is 13.0 Å². The van der Waals surface area contributed by atoms with Gasteiger partial charge in [0.25, 0.3) is 0 Å². The van der Waals surface area contributed by atoms with Crippen LogP contribution >= 0.6 is 0 Å². The summed E-state index contributed by atoms with van der Waals surface area (Å²) in [5.41, 5.74) is 1.76. The number of aryl methyl sites for hydroxylation is 2. The van der Waals surface area contributed by atoms with Gasteiger partial charge < -0.3 is 4.74 Å². The zero-order valence-electron chi connectivity index (χ0n) is 10.4. The molecule has 0 N–H and O–H groups in total. The molecule has 0 fully saturated rings. The van der Waals surface area contributed by atoms with Crippen molar-refractivity contribution < 1.29 is 9.53 Å². The van der Waals surface area contributed by atoms with Crippen LogP contribution in [0.2, 0.25) is 0 Å². The van der Waals surface area contributed by atoms with E-state index in [0.29, 0.717) is 12.2 Å². The predicted molar refractivity (Wildman–Crippen MR) is 68.3 cm³/mol. The Kier molecular flexibility index (Phi) is 4.12. The van der Waals surface area contributed by atoms with Crippen LogP contribution in [0, 0.1) is 0 Å². The molecular weight excluding hydrogens is 228 g/mol. The number of aromatic nitrogens is 2. The Balaban J connectivity index is 1.93. The van der Waals surface area contributed by atoms with Crippen LogP contribution in [0.25, 0.3) is 0 Å². The summed E-state index contributed by atoms with van der Waals surface area (Å²) in [6.45, 7) is 2.93. The van der Waals surface area contributed by atoms with E-state index in [1.807, 2.05) is 18.2 Å². The second-order valence-corrected chi connectivity index (χ2v) is 3.95. The molecule has 1 heterocycles. The predicted octanol–water partition coefficient (Wildman–Crippen LogP) is 2.30. The van der Waals surface area contributed by atoms with Crippen LogP contribution < -0.4 is 0 Å². The number of esters is 1. The minimum absolute atomic E-state index is 0.316. The van der Waals surface area contributed by atoms with Crippen molar-refractivity contribution in [1.82, 2.24) is 9.78 Å². The van der Waals surface area contributed by atoms with Gasteiger partial charge in [0.15, 0.2) is 0 Å². The number of hydrogen-bond donors (Lipinski definition) is 0. The fraction of sp³-hybridized carbons (Fsp3) is 0.286. The third-order valence-corrected chi connectivity index (χ3v) is 2.62. The molecule has 94 valence electrons. The average Bonchev–Trinajstić information content (AvgIpc) is 2.87. The molecule has 4 nitrogen and oxygen atoms in total. The first kappa shape index (κ1) is 12.4. The molecule has 0 saturated carbocycles. The first-order valence-electron chi connectivity index (χ1n) is 6.03. The molecule has 0 aliphatic carbocycles. The SMILES string of the molecule is CCOC(=O)c1cnn(CCc2ccccc2)c1. The Hall–Kier alpha value is -2.10. The maximum absolute atomic E-state index is 11.5. The molecule has 0 spiro atoms. The van der Waals surface area contributed by atoms with Crippen molar-refractivity contribution >= 4 is 5.97 Å². The molecule has 0 aliphatic rings. The van der Waals surface area contributed by atoms with Crippen LogP contribution in [-0.4, -0.2) is 22.4 Å². The third-order valence-electron chi connectivity index (χ3n) is 2.62. The van der Waals surface area contributed by atoms with E-state index in [2.05, 4.69) is 17.2 Å². The molecule has 4 heteroatoms. The van der Waals surface area contributed by atoms with E-state index >= 15 is 0 Å². The Morgan fingerprint density at radius 3 is 2.83 bits per heavy atom. The van der Waals surface area contributed by atoms with Gasteiger partial charge in [-0.1, -0.05) is 30.3 Å². The summed E-state index contributed by atoms with van der Waals surface area (Å²) in [5.74, 6) is -0.316. The van der Waals surface area contributed by atoms with Crippen molar-refractivity contribution in [3.8, 4) is 0 Å². The van der Waals surface area contributed by atoms with Gasteiger partial charge in [-0.25, -0.2) is 4.79 Å². The Morgan fingerprint density at radius 1 is 1.33 bits per heavy atom. The molecule has 0 atom stereocenters. The molecular formula is C14H16N2O2. The van der Waals surface area contributed by atoms with Gasteiger partial charge in [0.2, 0.25) is 0 Å². The summed E-state index contributed by atoms with van der Waals surface area (Å²) < 4.78 is 6.67. The minimum Gasteiger partial charge on any atom is -0.462 e. The zero-order valence-corrected chi connectivity index (χ0v) is 10.4. The number of rotatable bonds is 5. The van der Waals surface area contributed by atoms with E-state index in [1.165, 1.54) is 5.56 Å². The van der Waals surface area contributed by atoms with Crippen LogP contribution in [-0.2, 0) is 17.7 Å². The summed E-state index contributed by atoms with van der Waals surface area (Å²) in [6.07, 6.45) is 4.16. The molecule has 2 rings (SSSR count). The van der Waals surface area contributed by atoms with E-state index in [-0.39, 0.29) is 5.97 Å². The fourth-order valence-electron chi connectivity index (χ4n) is 1.69. The maximum atomic E-state index is 11.5. The summed E-state index contributed by atoms with van der Waals surface area (Å²) in [6, 6.07) is 10.2. The van der Waals surface area contributed by atoms with E-state index in [4.69, 9.17) is 4.74 Å². The van der Waals surface area contributed by atoms with Gasteiger partial charge in [0, 0.05) is 12.7 Å². The summed E-state index contributed by atoms with van der Waals surface area (Å²) in [4.78, 5) is 11.5. The Bertz CT molecular complexity index is 506. The monoisotopic (exact) mass is 244 g/mol. The van der Waals surface area contributed by atoms with Gasteiger partial charge in [-0.05, 0) is 18.9 Å². The van der Waals surface area contributed by atoms with Crippen molar-refractivity contribution in [3.05, 3.63) is 53.9 Å². The highest BCUT2D eigenvalue weighted by atomic mass is 16.5. The van der Waals surface area contributed by atoms with Crippen LogP contribution in [0.3, 0.4) is 0 Å². The number of carbonyl (C=O) groups excluding carboxylic acids is 1. The van der Waals surface area contributed by atoms with Crippen molar-refractivity contribution in [2.45, 2.75) is 19.9 Å². The molecule has 0 amide bonds. The third kappa shape index (κ3) is 3.20. The molecule has 0 unspecified atom stereocenters. The maximum Gasteiger partial charge on any atom is 0.341 e. The lowest BCUT2D eigenvalue weighted by atomic mass is 10.1. The van der Waals surface area contributed by atoms with Crippen LogP contribution in [0.1, 0.15) is 22.8 Å². The Labute approximate surface area is 106 Å². The van der Waals surface area contributed by atoms with Crippen molar-refractivity contribution in [1.29, 1.82) is 0 Å². The molecule has 1 aromatic carbocycles. The lowest BCUT2D eigenvalue weighted by Gasteiger charge is -2.01. The van der Waals surface area contributed by atoms with Crippen LogP contribution in [0.5, 0.6) is 0 Å². The fourth-order valence-corrected chi connectivity index (χ4v) is 1.69. The largest absolute Gasteiger partial charge is 0.462 e. The topological polar surface area (TPSA) is 44.1 Å². The molecule has 2 aromatic rings. The highest BCUT2D eigenvalue weighted by molar-refractivity contribution is 5.88. The first-order valence-corrected chi connectivity index (χ1v) is 6.03. The number of ether oxygens (including phenoxy) is 1. The van der Waals surface area contributed by atoms with E-state index in [1.54, 1.807) is 24.0 Å². The van der Waals surface area contributed by atoms with E-state index < -0.39 is 0 Å². The Morgan fingerprint density at radius 2 is 2.11 bits per heavy atom. The lowest BCUT2D eigenvalue weighted by molar-refractivity contribution is 0.0526. The van der Waals surface area contributed by atoms with Gasteiger partial charge in [0.1, 0.15) is 0 Å². The second-order valence-electron chi connectivity index (χ2n) is 3.95. The molecule has 18 heavy (non-hydrogen) atoms. The minimum atomic E-state index is -0.316. The van der Waals surface area contributed by atoms with E-state index in [9.17, 15) is 4.79 Å². The summed E-state index contributed by atoms with van der Waals surface area (Å²) in [5, 5.41) is 4.15. The molecule has 1 aromatic heterocycles.